The molecule has 2 aromatic carbocycles. The van der Waals surface area contributed by atoms with Gasteiger partial charge in [-0.05, 0) is 62.4 Å². The fourth-order valence-corrected chi connectivity index (χ4v) is 3.45. The topological polar surface area (TPSA) is 26.3 Å². The zero-order valence-corrected chi connectivity index (χ0v) is 14.8. The van der Waals surface area contributed by atoms with E-state index in [1.807, 2.05) is 34.6 Å². The summed E-state index contributed by atoms with van der Waals surface area (Å²) in [5.41, 5.74) is 1.72. The molecule has 3 rings (SSSR count). The molecule has 2 nitrogen and oxygen atoms in total. The van der Waals surface area contributed by atoms with Crippen molar-refractivity contribution >= 4 is 16.7 Å². The SMILES string of the molecule is CCC(C)(C)C(=O)OC(C)(C)C1Cc2cccc3cccc1c23. The number of rotatable bonds is 4. The van der Waals surface area contributed by atoms with E-state index in [-0.39, 0.29) is 11.9 Å². The summed E-state index contributed by atoms with van der Waals surface area (Å²) in [7, 11) is 0. The van der Waals surface area contributed by atoms with Gasteiger partial charge in [-0.2, -0.15) is 0 Å². The van der Waals surface area contributed by atoms with Crippen molar-refractivity contribution in [2.75, 3.05) is 0 Å². The van der Waals surface area contributed by atoms with Gasteiger partial charge in [0.2, 0.25) is 0 Å². The first-order valence-electron chi connectivity index (χ1n) is 8.50. The molecule has 0 bridgehead atoms. The Hall–Kier alpha value is -1.83. The summed E-state index contributed by atoms with van der Waals surface area (Å²) in [6.07, 6.45) is 1.71. The number of hydrogen-bond donors (Lipinski definition) is 0. The number of carbonyl (C=O) groups excluding carboxylic acids is 1. The number of esters is 1. The van der Waals surface area contributed by atoms with Gasteiger partial charge >= 0.3 is 5.97 Å². The normalized spacial score (nSPS) is 17.5. The number of hydrogen-bond acceptors (Lipinski definition) is 2. The molecule has 23 heavy (non-hydrogen) atoms. The Morgan fingerprint density at radius 1 is 1.13 bits per heavy atom. The van der Waals surface area contributed by atoms with E-state index in [1.165, 1.54) is 21.9 Å². The van der Waals surface area contributed by atoms with Crippen LogP contribution >= 0.6 is 0 Å². The lowest BCUT2D eigenvalue weighted by molar-refractivity contribution is -0.169. The largest absolute Gasteiger partial charge is 0.459 e. The van der Waals surface area contributed by atoms with Gasteiger partial charge in [-0.1, -0.05) is 43.3 Å². The lowest BCUT2D eigenvalue weighted by Crippen LogP contribution is -2.39. The van der Waals surface area contributed by atoms with E-state index in [2.05, 4.69) is 36.4 Å². The molecule has 0 N–H and O–H groups in total. The molecule has 1 atom stereocenters. The van der Waals surface area contributed by atoms with Crippen LogP contribution in [0.3, 0.4) is 0 Å². The number of benzene rings is 2. The predicted octanol–water partition coefficient (Wildman–Crippen LogP) is 5.24. The van der Waals surface area contributed by atoms with E-state index in [0.29, 0.717) is 0 Å². The van der Waals surface area contributed by atoms with Crippen LogP contribution in [0.4, 0.5) is 0 Å². The smallest absolute Gasteiger partial charge is 0.312 e. The van der Waals surface area contributed by atoms with Crippen molar-refractivity contribution < 1.29 is 9.53 Å². The van der Waals surface area contributed by atoms with Crippen molar-refractivity contribution in [2.24, 2.45) is 5.41 Å². The van der Waals surface area contributed by atoms with E-state index < -0.39 is 11.0 Å². The summed E-state index contributed by atoms with van der Waals surface area (Å²) < 4.78 is 6.00. The standard InChI is InChI=1S/C21H26O2/c1-6-20(2,3)19(22)23-21(4,5)17-13-15-11-7-9-14-10-8-12-16(17)18(14)15/h7-12,17H,6,13H2,1-5H3. The highest BCUT2D eigenvalue weighted by Gasteiger charge is 2.41. The Morgan fingerprint density at radius 2 is 1.78 bits per heavy atom. The highest BCUT2D eigenvalue weighted by Crippen LogP contribution is 2.45. The van der Waals surface area contributed by atoms with Gasteiger partial charge in [-0.25, -0.2) is 0 Å². The molecule has 2 aromatic rings. The first-order chi connectivity index (χ1) is 10.8. The van der Waals surface area contributed by atoms with Gasteiger partial charge in [0.05, 0.1) is 5.41 Å². The Labute approximate surface area is 138 Å². The van der Waals surface area contributed by atoms with Crippen molar-refractivity contribution in [1.82, 2.24) is 0 Å². The second-order valence-corrected chi connectivity index (χ2v) is 7.85. The van der Waals surface area contributed by atoms with Crippen molar-refractivity contribution in [3.8, 4) is 0 Å². The third-order valence-electron chi connectivity index (χ3n) is 5.45. The summed E-state index contributed by atoms with van der Waals surface area (Å²) in [6, 6.07) is 12.9. The third-order valence-corrected chi connectivity index (χ3v) is 5.45. The van der Waals surface area contributed by atoms with Crippen molar-refractivity contribution in [1.29, 1.82) is 0 Å². The molecule has 0 saturated carbocycles. The lowest BCUT2D eigenvalue weighted by Gasteiger charge is -2.35. The fourth-order valence-electron chi connectivity index (χ4n) is 3.45. The Kier molecular flexibility index (Phi) is 3.74. The van der Waals surface area contributed by atoms with E-state index in [1.54, 1.807) is 0 Å². The molecule has 0 spiro atoms. The molecule has 0 fully saturated rings. The molecule has 0 aliphatic heterocycles. The van der Waals surface area contributed by atoms with Crippen LogP contribution in [0.2, 0.25) is 0 Å². The molecule has 1 unspecified atom stereocenters. The predicted molar refractivity (Wildman–Crippen MR) is 94.6 cm³/mol. The molecule has 1 aliphatic carbocycles. The number of ether oxygens (including phenoxy) is 1. The summed E-state index contributed by atoms with van der Waals surface area (Å²) >= 11 is 0. The minimum atomic E-state index is -0.517. The molecule has 0 heterocycles. The summed E-state index contributed by atoms with van der Waals surface area (Å²) in [5, 5.41) is 2.62. The minimum absolute atomic E-state index is 0.104. The average molecular weight is 310 g/mol. The number of carbonyl (C=O) groups is 1. The second-order valence-electron chi connectivity index (χ2n) is 7.85. The lowest BCUT2D eigenvalue weighted by atomic mass is 9.84. The monoisotopic (exact) mass is 310 g/mol. The van der Waals surface area contributed by atoms with Crippen molar-refractivity contribution in [3.05, 3.63) is 47.5 Å². The van der Waals surface area contributed by atoms with Crippen LogP contribution in [0.5, 0.6) is 0 Å². The molecule has 0 aromatic heterocycles. The molecule has 0 amide bonds. The summed E-state index contributed by atoms with van der Waals surface area (Å²) in [6.45, 7) is 10.0. The van der Waals surface area contributed by atoms with Crippen LogP contribution in [0, 0.1) is 5.41 Å². The van der Waals surface area contributed by atoms with Gasteiger partial charge in [0, 0.05) is 5.92 Å². The summed E-state index contributed by atoms with van der Waals surface area (Å²) in [5.74, 6) is 0.105. The van der Waals surface area contributed by atoms with E-state index in [9.17, 15) is 4.79 Å². The van der Waals surface area contributed by atoms with Crippen LogP contribution in [0.25, 0.3) is 10.8 Å². The maximum Gasteiger partial charge on any atom is 0.312 e. The van der Waals surface area contributed by atoms with Gasteiger partial charge < -0.3 is 4.74 Å². The van der Waals surface area contributed by atoms with Crippen molar-refractivity contribution in [2.45, 2.75) is 59.0 Å². The molecular weight excluding hydrogens is 284 g/mol. The molecule has 122 valence electrons. The maximum absolute atomic E-state index is 12.6. The zero-order chi connectivity index (χ0) is 16.8. The first kappa shape index (κ1) is 16.0. The molecule has 1 aliphatic rings. The molecule has 2 heteroatoms. The van der Waals surface area contributed by atoms with Crippen molar-refractivity contribution in [3.63, 3.8) is 0 Å². The Morgan fingerprint density at radius 3 is 2.43 bits per heavy atom. The van der Waals surface area contributed by atoms with Crippen LogP contribution in [-0.2, 0) is 16.0 Å². The second kappa shape index (κ2) is 5.36. The maximum atomic E-state index is 12.6. The van der Waals surface area contributed by atoms with Gasteiger partial charge in [-0.3, -0.25) is 4.79 Å². The molecule has 0 saturated heterocycles. The highest BCUT2D eigenvalue weighted by atomic mass is 16.6. The van der Waals surface area contributed by atoms with Gasteiger partial charge in [0.25, 0.3) is 0 Å². The third kappa shape index (κ3) is 2.65. The average Bonchev–Trinajstić information content (AvgIpc) is 2.89. The van der Waals surface area contributed by atoms with Crippen LogP contribution in [0.1, 0.15) is 58.1 Å². The van der Waals surface area contributed by atoms with E-state index in [0.717, 1.165) is 12.8 Å². The first-order valence-corrected chi connectivity index (χ1v) is 8.50. The quantitative estimate of drug-likeness (QED) is 0.722. The minimum Gasteiger partial charge on any atom is -0.459 e. The summed E-state index contributed by atoms with van der Waals surface area (Å²) in [4.78, 5) is 12.6. The van der Waals surface area contributed by atoms with Crippen LogP contribution in [0.15, 0.2) is 36.4 Å². The Balaban J connectivity index is 1.95. The van der Waals surface area contributed by atoms with E-state index >= 15 is 0 Å². The van der Waals surface area contributed by atoms with Crippen LogP contribution < -0.4 is 0 Å². The Bertz CT molecular complexity index is 750. The zero-order valence-electron chi connectivity index (χ0n) is 14.8. The van der Waals surface area contributed by atoms with E-state index in [4.69, 9.17) is 4.74 Å². The van der Waals surface area contributed by atoms with Gasteiger partial charge in [-0.15, -0.1) is 0 Å². The fraction of sp³-hybridized carbons (Fsp3) is 0.476. The van der Waals surface area contributed by atoms with Gasteiger partial charge in [0.1, 0.15) is 5.60 Å². The molecule has 0 radical (unpaired) electrons. The van der Waals surface area contributed by atoms with Gasteiger partial charge in [0.15, 0.2) is 0 Å². The van der Waals surface area contributed by atoms with Crippen LogP contribution in [-0.4, -0.2) is 11.6 Å². The highest BCUT2D eigenvalue weighted by molar-refractivity contribution is 5.91. The molecular formula is C21H26O2.